The van der Waals surface area contributed by atoms with Gasteiger partial charge in [0.1, 0.15) is 0 Å². The van der Waals surface area contributed by atoms with Crippen molar-refractivity contribution < 1.29 is 18.8 Å². The van der Waals surface area contributed by atoms with Gasteiger partial charge in [-0.3, -0.25) is 19.7 Å². The van der Waals surface area contributed by atoms with Gasteiger partial charge in [-0.25, -0.2) is 4.98 Å². The Balaban J connectivity index is 1.51. The lowest BCUT2D eigenvalue weighted by Gasteiger charge is -2.32. The molecule has 2 aromatic rings. The fourth-order valence-electron chi connectivity index (χ4n) is 3.15. The van der Waals surface area contributed by atoms with Gasteiger partial charge in [-0.05, 0) is 37.3 Å². The zero-order valence-electron chi connectivity index (χ0n) is 14.8. The molecule has 0 radical (unpaired) electrons. The second kappa shape index (κ2) is 8.81. The van der Waals surface area contributed by atoms with E-state index < -0.39 is 0 Å². The van der Waals surface area contributed by atoms with Crippen molar-refractivity contribution >= 4 is 34.2 Å². The van der Waals surface area contributed by atoms with Gasteiger partial charge in [0.2, 0.25) is 11.8 Å². The summed E-state index contributed by atoms with van der Waals surface area (Å²) in [5.41, 5.74) is 5.84. The highest BCUT2D eigenvalue weighted by atomic mass is 32.1. The molecule has 3 rings (SSSR count). The van der Waals surface area contributed by atoms with Gasteiger partial charge in [-0.15, -0.1) is 11.3 Å². The van der Waals surface area contributed by atoms with E-state index in [2.05, 4.69) is 10.3 Å². The third-order valence-electron chi connectivity index (χ3n) is 4.52. The van der Waals surface area contributed by atoms with Crippen molar-refractivity contribution in [3.05, 3.63) is 35.2 Å². The number of carbonyl (C=O) groups excluding carboxylic acids is 3. The van der Waals surface area contributed by atoms with Crippen LogP contribution in [0.5, 0.6) is 0 Å². The molecule has 8 nitrogen and oxygen atoms in total. The number of nitrogens with one attached hydrogen (secondary N) is 1. The highest BCUT2D eigenvalue weighted by Gasteiger charge is 2.24. The van der Waals surface area contributed by atoms with Crippen LogP contribution in [0.15, 0.2) is 28.2 Å². The highest BCUT2D eigenvalue weighted by Crippen LogP contribution is 2.22. The number of piperidine rings is 1. The number of primary amides is 1. The Morgan fingerprint density at radius 3 is 3.00 bits per heavy atom. The first-order valence-corrected chi connectivity index (χ1v) is 9.74. The molecule has 0 aliphatic carbocycles. The summed E-state index contributed by atoms with van der Waals surface area (Å²) in [6, 6.07) is 3.20. The summed E-state index contributed by atoms with van der Waals surface area (Å²) in [6.07, 6.45) is 4.63. The number of nitrogens with two attached hydrogens (primary N) is 1. The van der Waals surface area contributed by atoms with E-state index in [0.29, 0.717) is 29.7 Å². The van der Waals surface area contributed by atoms with E-state index in [9.17, 15) is 14.4 Å². The third-order valence-corrected chi connectivity index (χ3v) is 5.33. The fraction of sp³-hybridized carbons (Fsp3) is 0.444. The Hall–Kier alpha value is -2.68. The fourth-order valence-corrected chi connectivity index (χ4v) is 3.86. The van der Waals surface area contributed by atoms with Crippen molar-refractivity contribution in [2.24, 2.45) is 11.7 Å². The minimum absolute atomic E-state index is 0.00739. The molecule has 0 spiro atoms. The van der Waals surface area contributed by atoms with E-state index in [0.717, 1.165) is 25.8 Å². The molecule has 2 aromatic heterocycles. The van der Waals surface area contributed by atoms with Crippen LogP contribution in [-0.2, 0) is 16.0 Å². The van der Waals surface area contributed by atoms with Crippen LogP contribution in [0.3, 0.4) is 0 Å². The van der Waals surface area contributed by atoms with E-state index in [1.165, 1.54) is 17.6 Å². The average molecular weight is 390 g/mol. The molecule has 1 aliphatic heterocycles. The number of thiazole rings is 1. The van der Waals surface area contributed by atoms with Crippen LogP contribution in [-0.4, -0.2) is 40.7 Å². The molecule has 1 atom stereocenters. The molecule has 3 heterocycles. The highest BCUT2D eigenvalue weighted by molar-refractivity contribution is 7.14. The molecule has 1 saturated heterocycles. The summed E-state index contributed by atoms with van der Waals surface area (Å²) in [6.45, 7) is 1.37. The molecule has 1 unspecified atom stereocenters. The molecule has 3 N–H and O–H groups in total. The first-order chi connectivity index (χ1) is 13.0. The Morgan fingerprint density at radius 2 is 2.26 bits per heavy atom. The number of rotatable bonds is 7. The summed E-state index contributed by atoms with van der Waals surface area (Å²) in [4.78, 5) is 41.6. The van der Waals surface area contributed by atoms with Crippen LogP contribution < -0.4 is 11.1 Å². The van der Waals surface area contributed by atoms with Crippen molar-refractivity contribution in [1.29, 1.82) is 0 Å². The smallest absolute Gasteiger partial charge is 0.293 e. The van der Waals surface area contributed by atoms with Gasteiger partial charge in [0.15, 0.2) is 10.9 Å². The Bertz CT molecular complexity index is 802. The molecule has 1 aliphatic rings. The number of hydrogen-bond donors (Lipinski definition) is 2. The van der Waals surface area contributed by atoms with E-state index in [1.807, 2.05) is 4.90 Å². The third kappa shape index (κ3) is 5.40. The predicted molar refractivity (Wildman–Crippen MR) is 100 cm³/mol. The Kier molecular flexibility index (Phi) is 6.23. The first-order valence-electron chi connectivity index (χ1n) is 8.86. The summed E-state index contributed by atoms with van der Waals surface area (Å²) in [5, 5.41) is 4.85. The van der Waals surface area contributed by atoms with E-state index in [-0.39, 0.29) is 29.9 Å². The van der Waals surface area contributed by atoms with Crippen LogP contribution in [0.4, 0.5) is 5.13 Å². The zero-order valence-corrected chi connectivity index (χ0v) is 15.7. The number of anilines is 1. The van der Waals surface area contributed by atoms with E-state index in [4.69, 9.17) is 10.2 Å². The molecular formula is C18H22N4O4S. The minimum atomic E-state index is -0.374. The lowest BCUT2D eigenvalue weighted by molar-refractivity contribution is -0.132. The monoisotopic (exact) mass is 390 g/mol. The van der Waals surface area contributed by atoms with Crippen molar-refractivity contribution in [3.63, 3.8) is 0 Å². The van der Waals surface area contributed by atoms with Gasteiger partial charge in [0.05, 0.1) is 18.4 Å². The van der Waals surface area contributed by atoms with Gasteiger partial charge < -0.3 is 15.1 Å². The SMILES string of the molecule is NC(=O)CCC1CCCN(C(=O)Cc2csc(NC(=O)c3ccco3)n2)C1. The molecule has 0 bridgehead atoms. The second-order valence-electron chi connectivity index (χ2n) is 6.61. The molecule has 0 saturated carbocycles. The van der Waals surface area contributed by atoms with Crippen LogP contribution in [0.2, 0.25) is 0 Å². The van der Waals surface area contributed by atoms with Gasteiger partial charge in [-0.2, -0.15) is 0 Å². The molecular weight excluding hydrogens is 368 g/mol. The van der Waals surface area contributed by atoms with Crippen LogP contribution >= 0.6 is 11.3 Å². The van der Waals surface area contributed by atoms with Crippen LogP contribution in [0.25, 0.3) is 0 Å². The molecule has 27 heavy (non-hydrogen) atoms. The van der Waals surface area contributed by atoms with Gasteiger partial charge in [0, 0.05) is 24.9 Å². The first kappa shape index (κ1) is 19.1. The van der Waals surface area contributed by atoms with Gasteiger partial charge >= 0.3 is 0 Å². The second-order valence-corrected chi connectivity index (χ2v) is 7.46. The normalized spacial score (nSPS) is 16.9. The largest absolute Gasteiger partial charge is 0.459 e. The van der Waals surface area contributed by atoms with Crippen LogP contribution in [0.1, 0.15) is 41.9 Å². The molecule has 0 aromatic carbocycles. The average Bonchev–Trinajstić information content (AvgIpc) is 3.32. The summed E-state index contributed by atoms with van der Waals surface area (Å²) >= 11 is 1.27. The van der Waals surface area contributed by atoms with Crippen molar-refractivity contribution in [1.82, 2.24) is 9.88 Å². The molecule has 1 fully saturated rings. The predicted octanol–water partition coefficient (Wildman–Crippen LogP) is 2.03. The summed E-state index contributed by atoms with van der Waals surface area (Å²) < 4.78 is 5.04. The van der Waals surface area contributed by atoms with Crippen molar-refractivity contribution in [2.45, 2.75) is 32.1 Å². The maximum atomic E-state index is 12.6. The topological polar surface area (TPSA) is 119 Å². The lowest BCUT2D eigenvalue weighted by atomic mass is 9.93. The molecule has 144 valence electrons. The number of carbonyl (C=O) groups is 3. The Morgan fingerprint density at radius 1 is 1.41 bits per heavy atom. The lowest BCUT2D eigenvalue weighted by Crippen LogP contribution is -2.41. The number of amides is 3. The van der Waals surface area contributed by atoms with Crippen molar-refractivity contribution in [3.8, 4) is 0 Å². The number of hydrogen-bond acceptors (Lipinski definition) is 6. The van der Waals surface area contributed by atoms with Crippen LogP contribution in [0, 0.1) is 5.92 Å². The number of likely N-dealkylation sites (tertiary alicyclic amines) is 1. The number of furan rings is 1. The maximum Gasteiger partial charge on any atom is 0.293 e. The summed E-state index contributed by atoms with van der Waals surface area (Å²) in [7, 11) is 0. The summed E-state index contributed by atoms with van der Waals surface area (Å²) in [5.74, 6) is -0.148. The Labute approximate surface area is 160 Å². The quantitative estimate of drug-likeness (QED) is 0.750. The van der Waals surface area contributed by atoms with E-state index in [1.54, 1.807) is 17.5 Å². The number of aromatic nitrogens is 1. The van der Waals surface area contributed by atoms with Gasteiger partial charge in [-0.1, -0.05) is 0 Å². The van der Waals surface area contributed by atoms with E-state index >= 15 is 0 Å². The zero-order chi connectivity index (χ0) is 19.2. The molecule has 3 amide bonds. The van der Waals surface area contributed by atoms with Gasteiger partial charge in [0.25, 0.3) is 5.91 Å². The number of nitrogens with zero attached hydrogens (tertiary/aromatic N) is 2. The van der Waals surface area contributed by atoms with Crippen molar-refractivity contribution in [2.75, 3.05) is 18.4 Å². The standard InChI is InChI=1S/C18H22N4O4S/c19-15(23)6-5-12-3-1-7-22(10-12)16(24)9-13-11-27-18(20-13)21-17(25)14-4-2-8-26-14/h2,4,8,11-12H,1,3,5-7,9-10H2,(H2,19,23)(H,20,21,25). The minimum Gasteiger partial charge on any atom is -0.459 e. The molecule has 9 heteroatoms. The maximum absolute atomic E-state index is 12.6.